The Hall–Kier alpha value is -1.63. The SMILES string of the molecule is CCNc1ncc(Br)cc1C(=O)NCCNC(C)=O. The second-order valence-corrected chi connectivity index (χ2v) is 4.73. The molecule has 2 amide bonds. The summed E-state index contributed by atoms with van der Waals surface area (Å²) in [6.45, 7) is 4.82. The lowest BCUT2D eigenvalue weighted by Gasteiger charge is -2.10. The largest absolute Gasteiger partial charge is 0.370 e. The van der Waals surface area contributed by atoms with Crippen molar-refractivity contribution in [1.82, 2.24) is 15.6 Å². The van der Waals surface area contributed by atoms with Crippen LogP contribution in [-0.2, 0) is 4.79 Å². The van der Waals surface area contributed by atoms with E-state index in [2.05, 4.69) is 36.9 Å². The number of aromatic nitrogens is 1. The predicted molar refractivity (Wildman–Crippen MR) is 77.1 cm³/mol. The lowest BCUT2D eigenvalue weighted by Crippen LogP contribution is -2.34. The van der Waals surface area contributed by atoms with E-state index in [1.54, 1.807) is 12.3 Å². The van der Waals surface area contributed by atoms with Crippen molar-refractivity contribution in [2.24, 2.45) is 0 Å². The Bertz CT molecular complexity index is 465. The monoisotopic (exact) mass is 328 g/mol. The van der Waals surface area contributed by atoms with Gasteiger partial charge >= 0.3 is 0 Å². The summed E-state index contributed by atoms with van der Waals surface area (Å²) in [5.74, 6) is 0.199. The van der Waals surface area contributed by atoms with Gasteiger partial charge in [-0.1, -0.05) is 0 Å². The van der Waals surface area contributed by atoms with Gasteiger partial charge in [-0.3, -0.25) is 9.59 Å². The van der Waals surface area contributed by atoms with E-state index in [1.807, 2.05) is 6.92 Å². The number of anilines is 1. The molecule has 3 N–H and O–H groups in total. The topological polar surface area (TPSA) is 83.1 Å². The molecule has 0 aliphatic carbocycles. The molecule has 6 nitrogen and oxygen atoms in total. The Balaban J connectivity index is 2.64. The number of halogens is 1. The first-order valence-electron chi connectivity index (χ1n) is 5.96. The van der Waals surface area contributed by atoms with E-state index in [0.717, 1.165) is 4.47 Å². The van der Waals surface area contributed by atoms with Crippen molar-refractivity contribution in [3.63, 3.8) is 0 Å². The van der Waals surface area contributed by atoms with E-state index in [-0.39, 0.29) is 11.8 Å². The third-order valence-corrected chi connectivity index (χ3v) is 2.66. The summed E-state index contributed by atoms with van der Waals surface area (Å²) in [5.41, 5.74) is 0.471. The standard InChI is InChI=1S/C12H17BrN4O2/c1-3-14-11-10(6-9(13)7-17-11)12(19)16-5-4-15-8(2)18/h6-7H,3-5H2,1-2H3,(H,14,17)(H,15,18)(H,16,19). The van der Waals surface area contributed by atoms with Gasteiger partial charge in [0.25, 0.3) is 5.91 Å². The molecule has 0 aromatic carbocycles. The normalized spacial score (nSPS) is 9.84. The van der Waals surface area contributed by atoms with Gasteiger partial charge in [0.05, 0.1) is 5.56 Å². The molecule has 0 saturated carbocycles. The van der Waals surface area contributed by atoms with Gasteiger partial charge in [0.2, 0.25) is 5.91 Å². The molecule has 104 valence electrons. The lowest BCUT2D eigenvalue weighted by atomic mass is 10.2. The summed E-state index contributed by atoms with van der Waals surface area (Å²) in [5, 5.41) is 8.37. The molecule has 0 unspecified atom stereocenters. The minimum atomic E-state index is -0.227. The van der Waals surface area contributed by atoms with Crippen molar-refractivity contribution >= 4 is 33.6 Å². The van der Waals surface area contributed by atoms with Crippen LogP contribution in [0.25, 0.3) is 0 Å². The average molecular weight is 329 g/mol. The fraction of sp³-hybridized carbons (Fsp3) is 0.417. The molecule has 1 rings (SSSR count). The van der Waals surface area contributed by atoms with Crippen LogP contribution in [0.1, 0.15) is 24.2 Å². The highest BCUT2D eigenvalue weighted by Crippen LogP contribution is 2.17. The van der Waals surface area contributed by atoms with Crippen molar-refractivity contribution in [1.29, 1.82) is 0 Å². The van der Waals surface area contributed by atoms with E-state index in [4.69, 9.17) is 0 Å². The number of nitrogens with zero attached hydrogens (tertiary/aromatic N) is 1. The van der Waals surface area contributed by atoms with Gasteiger partial charge in [0, 0.05) is 37.2 Å². The van der Waals surface area contributed by atoms with Crippen LogP contribution in [0, 0.1) is 0 Å². The molecule has 0 fully saturated rings. The summed E-state index contributed by atoms with van der Waals surface area (Å²) in [7, 11) is 0. The second kappa shape index (κ2) is 7.73. The van der Waals surface area contributed by atoms with Gasteiger partial charge in [-0.25, -0.2) is 4.98 Å². The van der Waals surface area contributed by atoms with E-state index in [0.29, 0.717) is 31.0 Å². The Morgan fingerprint density at radius 3 is 2.63 bits per heavy atom. The summed E-state index contributed by atoms with van der Waals surface area (Å²) in [6, 6.07) is 1.71. The predicted octanol–water partition coefficient (Wildman–Crippen LogP) is 1.14. The number of carbonyl (C=O) groups excluding carboxylic acids is 2. The van der Waals surface area contributed by atoms with Crippen molar-refractivity contribution in [2.75, 3.05) is 25.0 Å². The molecule has 1 heterocycles. The van der Waals surface area contributed by atoms with Crippen molar-refractivity contribution < 1.29 is 9.59 Å². The van der Waals surface area contributed by atoms with Crippen LogP contribution < -0.4 is 16.0 Å². The second-order valence-electron chi connectivity index (χ2n) is 3.82. The van der Waals surface area contributed by atoms with Gasteiger partial charge in [-0.15, -0.1) is 0 Å². The molecule has 19 heavy (non-hydrogen) atoms. The zero-order valence-corrected chi connectivity index (χ0v) is 12.5. The first-order chi connectivity index (χ1) is 9.04. The highest BCUT2D eigenvalue weighted by molar-refractivity contribution is 9.10. The van der Waals surface area contributed by atoms with Crippen molar-refractivity contribution in [2.45, 2.75) is 13.8 Å². The Morgan fingerprint density at radius 1 is 1.32 bits per heavy atom. The fourth-order valence-electron chi connectivity index (χ4n) is 1.43. The summed E-state index contributed by atoms with van der Waals surface area (Å²) in [6.07, 6.45) is 1.63. The molecule has 0 saturated heterocycles. The maximum absolute atomic E-state index is 12.0. The lowest BCUT2D eigenvalue weighted by molar-refractivity contribution is -0.118. The smallest absolute Gasteiger partial charge is 0.255 e. The zero-order valence-electron chi connectivity index (χ0n) is 10.9. The summed E-state index contributed by atoms with van der Waals surface area (Å²) < 4.78 is 0.737. The maximum Gasteiger partial charge on any atom is 0.255 e. The number of amides is 2. The van der Waals surface area contributed by atoms with E-state index in [1.165, 1.54) is 6.92 Å². The van der Waals surface area contributed by atoms with Gasteiger partial charge in [-0.05, 0) is 28.9 Å². The van der Waals surface area contributed by atoms with Crippen molar-refractivity contribution in [3.8, 4) is 0 Å². The number of nitrogens with one attached hydrogen (secondary N) is 3. The quantitative estimate of drug-likeness (QED) is 0.684. The van der Waals surface area contributed by atoms with Crippen LogP contribution in [-0.4, -0.2) is 36.4 Å². The molecule has 0 aliphatic heterocycles. The minimum absolute atomic E-state index is 0.119. The maximum atomic E-state index is 12.0. The fourth-order valence-corrected chi connectivity index (χ4v) is 1.76. The molecule has 1 aromatic rings. The van der Waals surface area contributed by atoms with Crippen LogP contribution in [0.3, 0.4) is 0 Å². The minimum Gasteiger partial charge on any atom is -0.370 e. The number of rotatable bonds is 6. The highest BCUT2D eigenvalue weighted by atomic mass is 79.9. The molecule has 0 aliphatic rings. The van der Waals surface area contributed by atoms with Crippen LogP contribution in [0.4, 0.5) is 5.82 Å². The van der Waals surface area contributed by atoms with Gasteiger partial charge in [-0.2, -0.15) is 0 Å². The molecular weight excluding hydrogens is 312 g/mol. The summed E-state index contributed by atoms with van der Waals surface area (Å²) >= 11 is 3.29. The Labute approximate surface area is 120 Å². The molecule has 7 heteroatoms. The van der Waals surface area contributed by atoms with Crippen LogP contribution >= 0.6 is 15.9 Å². The van der Waals surface area contributed by atoms with Gasteiger partial charge < -0.3 is 16.0 Å². The van der Waals surface area contributed by atoms with Crippen molar-refractivity contribution in [3.05, 3.63) is 22.3 Å². The average Bonchev–Trinajstić information content (AvgIpc) is 2.36. The van der Waals surface area contributed by atoms with Crippen LogP contribution in [0.5, 0.6) is 0 Å². The third kappa shape index (κ3) is 5.25. The number of pyridine rings is 1. The van der Waals surface area contributed by atoms with E-state index >= 15 is 0 Å². The molecule has 0 atom stereocenters. The van der Waals surface area contributed by atoms with Gasteiger partial charge in [0.1, 0.15) is 5.82 Å². The zero-order chi connectivity index (χ0) is 14.3. The number of hydrogen-bond acceptors (Lipinski definition) is 4. The number of hydrogen-bond donors (Lipinski definition) is 3. The third-order valence-electron chi connectivity index (χ3n) is 2.23. The first-order valence-corrected chi connectivity index (χ1v) is 6.76. The van der Waals surface area contributed by atoms with Crippen LogP contribution in [0.2, 0.25) is 0 Å². The Morgan fingerprint density at radius 2 is 2.00 bits per heavy atom. The molecule has 0 radical (unpaired) electrons. The Kier molecular flexibility index (Phi) is 6.27. The molecule has 0 bridgehead atoms. The summed E-state index contributed by atoms with van der Waals surface area (Å²) in [4.78, 5) is 26.9. The first kappa shape index (κ1) is 15.4. The molecular formula is C12H17BrN4O2. The number of carbonyl (C=O) groups is 2. The highest BCUT2D eigenvalue weighted by Gasteiger charge is 2.12. The van der Waals surface area contributed by atoms with E-state index < -0.39 is 0 Å². The molecule has 0 spiro atoms. The van der Waals surface area contributed by atoms with E-state index in [9.17, 15) is 9.59 Å². The molecule has 1 aromatic heterocycles. The van der Waals surface area contributed by atoms with Gasteiger partial charge in [0.15, 0.2) is 0 Å². The van der Waals surface area contributed by atoms with Crippen LogP contribution in [0.15, 0.2) is 16.7 Å².